The lowest BCUT2D eigenvalue weighted by molar-refractivity contribution is 0.0954. The first kappa shape index (κ1) is 19.3. The third kappa shape index (κ3) is 5.21. The Kier molecular flexibility index (Phi) is 7.28. The Morgan fingerprint density at radius 3 is 2.64 bits per heavy atom. The van der Waals surface area contributed by atoms with Crippen molar-refractivity contribution in [2.75, 3.05) is 13.2 Å². The van der Waals surface area contributed by atoms with Crippen LogP contribution in [-0.2, 0) is 0 Å². The third-order valence-electron chi connectivity index (χ3n) is 3.12. The van der Waals surface area contributed by atoms with Crippen LogP contribution in [0.4, 0.5) is 0 Å². The van der Waals surface area contributed by atoms with Crippen LogP contribution >= 0.6 is 27.5 Å². The van der Waals surface area contributed by atoms with Crippen molar-refractivity contribution in [3.8, 4) is 11.5 Å². The molecule has 0 saturated carbocycles. The molecule has 2 rings (SSSR count). The van der Waals surface area contributed by atoms with E-state index in [0.717, 1.165) is 0 Å². The van der Waals surface area contributed by atoms with Gasteiger partial charge in [-0.25, -0.2) is 5.43 Å². The molecule has 2 aromatic rings. The summed E-state index contributed by atoms with van der Waals surface area (Å²) in [5, 5.41) is 4.40. The number of nitrogens with one attached hydrogen (secondary N) is 1. The van der Waals surface area contributed by atoms with Gasteiger partial charge in [0.25, 0.3) is 5.91 Å². The van der Waals surface area contributed by atoms with Crippen molar-refractivity contribution in [2.24, 2.45) is 5.10 Å². The summed E-state index contributed by atoms with van der Waals surface area (Å²) in [5.41, 5.74) is 3.67. The zero-order valence-electron chi connectivity index (χ0n) is 13.9. The monoisotopic (exact) mass is 424 g/mol. The molecule has 0 fully saturated rings. The number of benzene rings is 2. The van der Waals surface area contributed by atoms with E-state index in [1.165, 1.54) is 6.21 Å². The van der Waals surface area contributed by atoms with E-state index in [9.17, 15) is 4.79 Å². The molecular weight excluding hydrogens is 408 g/mol. The molecule has 0 spiro atoms. The predicted octanol–water partition coefficient (Wildman–Crippen LogP) is 4.66. The average Bonchev–Trinajstić information content (AvgIpc) is 2.58. The number of ether oxygens (including phenoxy) is 2. The number of amides is 1. The summed E-state index contributed by atoms with van der Waals surface area (Å²) in [6.07, 6.45) is 1.50. The smallest absolute Gasteiger partial charge is 0.272 e. The number of carbonyl (C=O) groups excluding carboxylic acids is 1. The summed E-state index contributed by atoms with van der Waals surface area (Å²) in [6, 6.07) is 10.6. The van der Waals surface area contributed by atoms with Crippen LogP contribution in [0.15, 0.2) is 46.0 Å². The molecule has 0 unspecified atom stereocenters. The summed E-state index contributed by atoms with van der Waals surface area (Å²) in [7, 11) is 0. The highest BCUT2D eigenvalue weighted by molar-refractivity contribution is 9.10. The molecule has 0 aliphatic rings. The molecule has 0 bridgehead atoms. The highest BCUT2D eigenvalue weighted by Gasteiger charge is 2.12. The first-order chi connectivity index (χ1) is 12.1. The van der Waals surface area contributed by atoms with Gasteiger partial charge in [0.2, 0.25) is 0 Å². The van der Waals surface area contributed by atoms with Gasteiger partial charge in [-0.05, 0) is 59.6 Å². The third-order valence-corrected chi connectivity index (χ3v) is 4.09. The van der Waals surface area contributed by atoms with Crippen molar-refractivity contribution in [1.82, 2.24) is 5.43 Å². The van der Waals surface area contributed by atoms with Crippen LogP contribution in [0.1, 0.15) is 29.8 Å². The molecule has 7 heteroatoms. The van der Waals surface area contributed by atoms with Gasteiger partial charge in [0, 0.05) is 4.47 Å². The number of nitrogens with zero attached hydrogens (tertiary/aromatic N) is 1. The molecular formula is C18H18BrClN2O3. The van der Waals surface area contributed by atoms with E-state index in [2.05, 4.69) is 26.5 Å². The first-order valence-electron chi connectivity index (χ1n) is 7.73. The fourth-order valence-corrected chi connectivity index (χ4v) is 2.82. The second-order valence-electron chi connectivity index (χ2n) is 4.87. The Morgan fingerprint density at radius 1 is 1.24 bits per heavy atom. The molecule has 1 N–H and O–H groups in total. The molecule has 0 heterocycles. The Labute approximate surface area is 160 Å². The molecule has 0 aromatic heterocycles. The molecule has 0 atom stereocenters. The van der Waals surface area contributed by atoms with Crippen molar-refractivity contribution in [3.63, 3.8) is 0 Å². The lowest BCUT2D eigenvalue weighted by Crippen LogP contribution is -2.18. The number of halogens is 2. The van der Waals surface area contributed by atoms with E-state index in [-0.39, 0.29) is 5.91 Å². The van der Waals surface area contributed by atoms with Gasteiger partial charge in [0.15, 0.2) is 11.5 Å². The Morgan fingerprint density at radius 2 is 1.96 bits per heavy atom. The normalized spacial score (nSPS) is 10.7. The number of carbonyl (C=O) groups is 1. The van der Waals surface area contributed by atoms with E-state index < -0.39 is 0 Å². The Bertz CT molecular complexity index is 781. The molecule has 132 valence electrons. The van der Waals surface area contributed by atoms with Crippen molar-refractivity contribution >= 4 is 39.7 Å². The van der Waals surface area contributed by atoms with Gasteiger partial charge >= 0.3 is 0 Å². The minimum atomic E-state index is -0.314. The van der Waals surface area contributed by atoms with Crippen LogP contribution in [0.3, 0.4) is 0 Å². The molecule has 0 radical (unpaired) electrons. The van der Waals surface area contributed by atoms with Gasteiger partial charge in [-0.2, -0.15) is 5.10 Å². The average molecular weight is 426 g/mol. The van der Waals surface area contributed by atoms with Crippen molar-refractivity contribution in [3.05, 3.63) is 57.0 Å². The molecule has 1 amide bonds. The minimum Gasteiger partial charge on any atom is -0.490 e. The van der Waals surface area contributed by atoms with E-state index in [0.29, 0.717) is 45.3 Å². The Hall–Kier alpha value is -2.05. The first-order valence-corrected chi connectivity index (χ1v) is 8.91. The molecule has 25 heavy (non-hydrogen) atoms. The second-order valence-corrected chi connectivity index (χ2v) is 6.14. The van der Waals surface area contributed by atoms with Gasteiger partial charge in [0.05, 0.1) is 30.0 Å². The maximum absolute atomic E-state index is 12.1. The zero-order chi connectivity index (χ0) is 18.2. The lowest BCUT2D eigenvalue weighted by atomic mass is 10.2. The summed E-state index contributed by atoms with van der Waals surface area (Å²) in [4.78, 5) is 12.1. The van der Waals surface area contributed by atoms with Gasteiger partial charge in [-0.1, -0.05) is 23.7 Å². The van der Waals surface area contributed by atoms with Gasteiger partial charge in [-0.3, -0.25) is 4.79 Å². The number of rotatable bonds is 7. The Balaban J connectivity index is 2.15. The number of hydrogen-bond acceptors (Lipinski definition) is 4. The fourth-order valence-electron chi connectivity index (χ4n) is 2.08. The maximum Gasteiger partial charge on any atom is 0.272 e. The van der Waals surface area contributed by atoms with Gasteiger partial charge in [-0.15, -0.1) is 0 Å². The molecule has 5 nitrogen and oxygen atoms in total. The van der Waals surface area contributed by atoms with E-state index in [4.69, 9.17) is 21.1 Å². The number of hydrazone groups is 1. The topological polar surface area (TPSA) is 59.9 Å². The van der Waals surface area contributed by atoms with Gasteiger partial charge < -0.3 is 9.47 Å². The number of hydrogen-bond donors (Lipinski definition) is 1. The molecule has 0 aliphatic heterocycles. The van der Waals surface area contributed by atoms with Crippen molar-refractivity contribution < 1.29 is 14.3 Å². The standard InChI is InChI=1S/C18H18BrClN2O3/c1-3-24-16-10-12(9-15(20)17(16)25-4-2)11-21-22-18(23)13-7-5-6-8-14(13)19/h5-11H,3-4H2,1-2H3,(H,22,23)/b21-11+. The minimum absolute atomic E-state index is 0.314. The highest BCUT2D eigenvalue weighted by Crippen LogP contribution is 2.36. The largest absolute Gasteiger partial charge is 0.490 e. The predicted molar refractivity (Wildman–Crippen MR) is 103 cm³/mol. The van der Waals surface area contributed by atoms with Gasteiger partial charge in [0.1, 0.15) is 0 Å². The molecule has 0 aliphatic carbocycles. The highest BCUT2D eigenvalue weighted by atomic mass is 79.9. The van der Waals surface area contributed by atoms with Crippen LogP contribution < -0.4 is 14.9 Å². The summed E-state index contributed by atoms with van der Waals surface area (Å²) in [5.74, 6) is 0.724. The summed E-state index contributed by atoms with van der Waals surface area (Å²) in [6.45, 7) is 4.71. The molecule has 0 saturated heterocycles. The summed E-state index contributed by atoms with van der Waals surface area (Å²) < 4.78 is 11.8. The van der Waals surface area contributed by atoms with Crippen LogP contribution in [0.2, 0.25) is 5.02 Å². The SMILES string of the molecule is CCOc1cc(/C=N/NC(=O)c2ccccc2Br)cc(Cl)c1OCC. The lowest BCUT2D eigenvalue weighted by Gasteiger charge is -2.13. The molecule has 2 aromatic carbocycles. The van der Waals surface area contributed by atoms with Crippen molar-refractivity contribution in [1.29, 1.82) is 0 Å². The van der Waals surface area contributed by atoms with E-state index >= 15 is 0 Å². The second kappa shape index (κ2) is 9.44. The van der Waals surface area contributed by atoms with E-state index in [1.54, 1.807) is 30.3 Å². The van der Waals surface area contributed by atoms with Crippen LogP contribution in [0, 0.1) is 0 Å². The van der Waals surface area contributed by atoms with Crippen LogP contribution in [-0.4, -0.2) is 25.3 Å². The van der Waals surface area contributed by atoms with Crippen molar-refractivity contribution in [2.45, 2.75) is 13.8 Å². The summed E-state index contributed by atoms with van der Waals surface area (Å²) >= 11 is 9.58. The van der Waals surface area contributed by atoms with Crippen LogP contribution in [0.5, 0.6) is 11.5 Å². The maximum atomic E-state index is 12.1. The van der Waals surface area contributed by atoms with E-state index in [1.807, 2.05) is 19.9 Å². The fraction of sp³-hybridized carbons (Fsp3) is 0.222. The quantitative estimate of drug-likeness (QED) is 0.518. The zero-order valence-corrected chi connectivity index (χ0v) is 16.2. The van der Waals surface area contributed by atoms with Crippen LogP contribution in [0.25, 0.3) is 0 Å².